The standard InChI is InChI=1S/C19H18F3N5O/c1-10-16-12(9-15(11-7-8-11)23-17(16)27(2)26-10)18(28)25-24-14-6-4-3-5-13(14)19(20,21)22/h3-6,9,11,24H,7-8H2,1-2H3,(H,25,28). The molecule has 1 aliphatic rings. The molecule has 0 saturated heterocycles. The van der Waals surface area contributed by atoms with Gasteiger partial charge in [0, 0.05) is 18.7 Å². The zero-order valence-electron chi connectivity index (χ0n) is 15.3. The molecule has 28 heavy (non-hydrogen) atoms. The average Bonchev–Trinajstić information content (AvgIpc) is 3.45. The molecule has 1 amide bonds. The molecule has 0 unspecified atom stereocenters. The molecular weight excluding hydrogens is 371 g/mol. The van der Waals surface area contributed by atoms with Crippen molar-refractivity contribution in [2.45, 2.75) is 31.9 Å². The number of carbonyl (C=O) groups excluding carboxylic acids is 1. The van der Waals surface area contributed by atoms with Crippen molar-refractivity contribution in [3.63, 3.8) is 0 Å². The molecule has 1 aliphatic carbocycles. The van der Waals surface area contributed by atoms with Crippen LogP contribution in [0.3, 0.4) is 0 Å². The first-order valence-electron chi connectivity index (χ1n) is 8.82. The van der Waals surface area contributed by atoms with Crippen LogP contribution in [-0.4, -0.2) is 20.7 Å². The van der Waals surface area contributed by atoms with Crippen LogP contribution in [0.5, 0.6) is 0 Å². The number of halogens is 3. The monoisotopic (exact) mass is 389 g/mol. The highest BCUT2D eigenvalue weighted by Gasteiger charge is 2.33. The molecule has 2 aromatic heterocycles. The Labute approximate surface area is 158 Å². The number of carbonyl (C=O) groups is 1. The van der Waals surface area contributed by atoms with Gasteiger partial charge in [0.25, 0.3) is 5.91 Å². The van der Waals surface area contributed by atoms with E-state index in [1.807, 2.05) is 0 Å². The molecule has 146 valence electrons. The fourth-order valence-electron chi connectivity index (χ4n) is 3.26. The van der Waals surface area contributed by atoms with Crippen molar-refractivity contribution in [1.82, 2.24) is 20.2 Å². The first-order valence-corrected chi connectivity index (χ1v) is 8.82. The number of nitrogens with zero attached hydrogens (tertiary/aromatic N) is 3. The molecule has 0 radical (unpaired) electrons. The molecular formula is C19H18F3N5O. The Morgan fingerprint density at radius 2 is 1.96 bits per heavy atom. The number of hydrazine groups is 1. The van der Waals surface area contributed by atoms with E-state index in [-0.39, 0.29) is 5.69 Å². The van der Waals surface area contributed by atoms with Crippen molar-refractivity contribution in [1.29, 1.82) is 0 Å². The van der Waals surface area contributed by atoms with Gasteiger partial charge in [0.15, 0.2) is 5.65 Å². The Kier molecular flexibility index (Phi) is 4.24. The van der Waals surface area contributed by atoms with Crippen molar-refractivity contribution in [2.75, 3.05) is 5.43 Å². The Morgan fingerprint density at radius 3 is 2.64 bits per heavy atom. The van der Waals surface area contributed by atoms with E-state index in [2.05, 4.69) is 20.9 Å². The second kappa shape index (κ2) is 6.50. The summed E-state index contributed by atoms with van der Waals surface area (Å²) in [6.07, 6.45) is -2.52. The second-order valence-corrected chi connectivity index (χ2v) is 6.90. The molecule has 0 bridgehead atoms. The van der Waals surface area contributed by atoms with Crippen LogP contribution in [-0.2, 0) is 13.2 Å². The maximum absolute atomic E-state index is 13.1. The number of pyridine rings is 1. The topological polar surface area (TPSA) is 71.8 Å². The minimum absolute atomic E-state index is 0.223. The Bertz CT molecular complexity index is 1070. The Morgan fingerprint density at radius 1 is 1.25 bits per heavy atom. The van der Waals surface area contributed by atoms with E-state index in [1.165, 1.54) is 18.2 Å². The summed E-state index contributed by atoms with van der Waals surface area (Å²) in [6, 6.07) is 6.68. The van der Waals surface area contributed by atoms with E-state index in [4.69, 9.17) is 0 Å². The number of rotatable bonds is 4. The highest BCUT2D eigenvalue weighted by molar-refractivity contribution is 6.07. The van der Waals surface area contributed by atoms with Crippen LogP contribution < -0.4 is 10.9 Å². The third-order valence-corrected chi connectivity index (χ3v) is 4.77. The van der Waals surface area contributed by atoms with Crippen LogP contribution in [0.25, 0.3) is 11.0 Å². The normalized spacial score (nSPS) is 14.3. The average molecular weight is 389 g/mol. The molecule has 4 rings (SSSR count). The number of benzene rings is 1. The van der Waals surface area contributed by atoms with Crippen molar-refractivity contribution in [2.24, 2.45) is 7.05 Å². The first-order chi connectivity index (χ1) is 13.3. The lowest BCUT2D eigenvalue weighted by atomic mass is 10.1. The summed E-state index contributed by atoms with van der Waals surface area (Å²) in [6.45, 7) is 1.77. The first kappa shape index (κ1) is 18.3. The second-order valence-electron chi connectivity index (χ2n) is 6.90. The van der Waals surface area contributed by atoms with Gasteiger partial charge in [-0.15, -0.1) is 0 Å². The van der Waals surface area contributed by atoms with Crippen LogP contribution >= 0.6 is 0 Å². The zero-order valence-corrected chi connectivity index (χ0v) is 15.3. The van der Waals surface area contributed by atoms with Gasteiger partial charge in [-0.1, -0.05) is 12.1 Å². The highest BCUT2D eigenvalue weighted by Crippen LogP contribution is 2.40. The SMILES string of the molecule is Cc1nn(C)c2nc(C3CC3)cc(C(=O)NNc3ccccc3C(F)(F)F)c12. The quantitative estimate of drug-likeness (QED) is 0.664. The molecule has 1 saturated carbocycles. The van der Waals surface area contributed by atoms with Gasteiger partial charge in [0.2, 0.25) is 0 Å². The lowest BCUT2D eigenvalue weighted by Crippen LogP contribution is -2.31. The molecule has 0 spiro atoms. The molecule has 1 fully saturated rings. The number of anilines is 1. The zero-order chi connectivity index (χ0) is 20.1. The van der Waals surface area contributed by atoms with E-state index in [0.29, 0.717) is 28.2 Å². The summed E-state index contributed by atoms with van der Waals surface area (Å²) in [4.78, 5) is 17.4. The van der Waals surface area contributed by atoms with E-state index >= 15 is 0 Å². The lowest BCUT2D eigenvalue weighted by molar-refractivity contribution is -0.137. The molecule has 6 nitrogen and oxygen atoms in total. The maximum Gasteiger partial charge on any atom is 0.418 e. The van der Waals surface area contributed by atoms with Crippen LogP contribution in [0.1, 0.15) is 46.1 Å². The smallest absolute Gasteiger partial charge is 0.298 e. The number of nitrogens with one attached hydrogen (secondary N) is 2. The van der Waals surface area contributed by atoms with Crippen LogP contribution in [0.4, 0.5) is 18.9 Å². The summed E-state index contributed by atoms with van der Waals surface area (Å²) < 4.78 is 41.0. The Hall–Kier alpha value is -3.10. The predicted octanol–water partition coefficient (Wildman–Crippen LogP) is 3.93. The summed E-state index contributed by atoms with van der Waals surface area (Å²) in [5.41, 5.74) is 6.08. The fourth-order valence-corrected chi connectivity index (χ4v) is 3.26. The lowest BCUT2D eigenvalue weighted by Gasteiger charge is -2.15. The van der Waals surface area contributed by atoms with Gasteiger partial charge in [-0.05, 0) is 38.0 Å². The number of hydrogen-bond donors (Lipinski definition) is 2. The van der Waals surface area contributed by atoms with Gasteiger partial charge in [0.1, 0.15) is 0 Å². The third kappa shape index (κ3) is 3.28. The Balaban J connectivity index is 1.67. The van der Waals surface area contributed by atoms with Gasteiger partial charge >= 0.3 is 6.18 Å². The predicted molar refractivity (Wildman–Crippen MR) is 97.8 cm³/mol. The third-order valence-electron chi connectivity index (χ3n) is 4.77. The van der Waals surface area contributed by atoms with Gasteiger partial charge in [-0.2, -0.15) is 18.3 Å². The van der Waals surface area contributed by atoms with Crippen molar-refractivity contribution in [3.05, 3.63) is 52.8 Å². The molecule has 0 aliphatic heterocycles. The largest absolute Gasteiger partial charge is 0.418 e. The number of fused-ring (bicyclic) bond motifs is 1. The van der Waals surface area contributed by atoms with Gasteiger partial charge < -0.3 is 0 Å². The summed E-state index contributed by atoms with van der Waals surface area (Å²) in [5, 5.41) is 4.92. The van der Waals surface area contributed by atoms with Gasteiger partial charge in [-0.3, -0.25) is 20.3 Å². The highest BCUT2D eigenvalue weighted by atomic mass is 19.4. The van der Waals surface area contributed by atoms with E-state index in [1.54, 1.807) is 24.7 Å². The van der Waals surface area contributed by atoms with E-state index in [0.717, 1.165) is 24.6 Å². The summed E-state index contributed by atoms with van der Waals surface area (Å²) in [5.74, 6) is -0.229. The van der Waals surface area contributed by atoms with Crippen molar-refractivity contribution < 1.29 is 18.0 Å². The summed E-state index contributed by atoms with van der Waals surface area (Å²) in [7, 11) is 1.75. The number of alkyl halides is 3. The minimum Gasteiger partial charge on any atom is -0.298 e. The number of para-hydroxylation sites is 1. The fraction of sp³-hybridized carbons (Fsp3) is 0.316. The van der Waals surface area contributed by atoms with E-state index in [9.17, 15) is 18.0 Å². The van der Waals surface area contributed by atoms with Crippen LogP contribution in [0, 0.1) is 6.92 Å². The maximum atomic E-state index is 13.1. The number of hydrogen-bond acceptors (Lipinski definition) is 4. The van der Waals surface area contributed by atoms with Crippen LogP contribution in [0.15, 0.2) is 30.3 Å². The van der Waals surface area contributed by atoms with Crippen molar-refractivity contribution in [3.8, 4) is 0 Å². The minimum atomic E-state index is -4.53. The van der Waals surface area contributed by atoms with Gasteiger partial charge in [-0.25, -0.2) is 4.98 Å². The number of aromatic nitrogens is 3. The molecule has 1 aromatic carbocycles. The number of aryl methyl sites for hydroxylation is 2. The molecule has 3 aromatic rings. The molecule has 2 heterocycles. The molecule has 0 atom stereocenters. The van der Waals surface area contributed by atoms with Gasteiger partial charge in [0.05, 0.1) is 27.9 Å². The summed E-state index contributed by atoms with van der Waals surface area (Å²) >= 11 is 0. The van der Waals surface area contributed by atoms with E-state index < -0.39 is 17.6 Å². The van der Waals surface area contributed by atoms with Crippen molar-refractivity contribution >= 4 is 22.6 Å². The van der Waals surface area contributed by atoms with Crippen LogP contribution in [0.2, 0.25) is 0 Å². The molecule has 9 heteroatoms. The molecule has 2 N–H and O–H groups in total. The number of amides is 1.